The van der Waals surface area contributed by atoms with Gasteiger partial charge in [0, 0.05) is 17.5 Å². The second-order valence-corrected chi connectivity index (χ2v) is 7.44. The summed E-state index contributed by atoms with van der Waals surface area (Å²) in [5, 5.41) is 50.5. The van der Waals surface area contributed by atoms with Gasteiger partial charge in [0.1, 0.15) is 29.8 Å². The zero-order chi connectivity index (χ0) is 24.5. The molecule has 1 heterocycles. The van der Waals surface area contributed by atoms with Gasteiger partial charge in [-0.05, 0) is 42.0 Å². The van der Waals surface area contributed by atoms with Gasteiger partial charge in [-0.3, -0.25) is 5.43 Å². The topological polar surface area (TPSA) is 150 Å². The van der Waals surface area contributed by atoms with Crippen molar-refractivity contribution in [1.82, 2.24) is 10.2 Å². The lowest BCUT2D eigenvalue weighted by molar-refractivity contribution is -0.0541. The van der Waals surface area contributed by atoms with Crippen molar-refractivity contribution in [1.29, 1.82) is 0 Å². The van der Waals surface area contributed by atoms with Crippen molar-refractivity contribution in [2.75, 3.05) is 26.3 Å². The second kappa shape index (κ2) is 12.1. The number of hydrogen-bond donors (Lipinski definition) is 5. The molecule has 1 aromatic heterocycles. The van der Waals surface area contributed by atoms with Crippen LogP contribution < -0.4 is 14.9 Å². The molecule has 0 amide bonds. The third-order valence-electron chi connectivity index (χ3n) is 5.16. The maximum atomic E-state index is 9.93. The molecule has 0 radical (unpaired) electrons. The fraction of sp³-hybridized carbons (Fsp3) is 0.292. The van der Waals surface area contributed by atoms with Gasteiger partial charge in [0.25, 0.3) is 0 Å². The third-order valence-corrected chi connectivity index (χ3v) is 5.16. The van der Waals surface area contributed by atoms with Crippen LogP contribution >= 0.6 is 0 Å². The molecule has 34 heavy (non-hydrogen) atoms. The highest BCUT2D eigenvalue weighted by atomic mass is 16.5. The predicted octanol–water partition coefficient (Wildman–Crippen LogP) is 1.22. The lowest BCUT2D eigenvalue weighted by atomic mass is 10.0. The molecular formula is C24H28N4O6. The zero-order valence-electron chi connectivity index (χ0n) is 18.9. The molecule has 0 saturated carbocycles. The van der Waals surface area contributed by atoms with Crippen molar-refractivity contribution >= 4 is 12.0 Å². The van der Waals surface area contributed by atoms with Crippen LogP contribution in [0.4, 0.5) is 5.82 Å². The number of nitrogens with one attached hydrogen (secondary N) is 1. The maximum Gasteiger partial charge on any atom is 0.172 e. The Morgan fingerprint density at radius 2 is 1.71 bits per heavy atom. The fourth-order valence-electron chi connectivity index (χ4n) is 3.21. The maximum absolute atomic E-state index is 9.93. The standard InChI is InChI=1S/C24H28N4O6/c1-33-18-9-7-15(8-10-18)19-12-17(11-16-5-3-4-6-22(16)34-2)24(28-26-19)27-25-13-20(30)23(32)21(31)14-29/h3-10,12-13,20-21,23,29-32H,11,14H2,1-2H3,(H,27,28)/b25-13+. The fourth-order valence-corrected chi connectivity index (χ4v) is 3.21. The number of anilines is 1. The summed E-state index contributed by atoms with van der Waals surface area (Å²) in [6.07, 6.45) is -3.12. The molecule has 2 aromatic carbocycles. The summed E-state index contributed by atoms with van der Waals surface area (Å²) in [5.74, 6) is 1.78. The highest BCUT2D eigenvalue weighted by molar-refractivity contribution is 5.66. The molecule has 0 saturated heterocycles. The number of benzene rings is 2. The number of hydrogen-bond acceptors (Lipinski definition) is 10. The van der Waals surface area contributed by atoms with Gasteiger partial charge in [-0.1, -0.05) is 18.2 Å². The van der Waals surface area contributed by atoms with Crippen LogP contribution in [-0.4, -0.2) is 76.0 Å². The van der Waals surface area contributed by atoms with Crippen LogP contribution in [0.1, 0.15) is 11.1 Å². The van der Waals surface area contributed by atoms with E-state index in [2.05, 4.69) is 20.7 Å². The van der Waals surface area contributed by atoms with Gasteiger partial charge in [0.15, 0.2) is 5.82 Å². The summed E-state index contributed by atoms with van der Waals surface area (Å²) >= 11 is 0. The van der Waals surface area contributed by atoms with Crippen LogP contribution in [-0.2, 0) is 6.42 Å². The molecule has 3 rings (SSSR count). The van der Waals surface area contributed by atoms with Crippen molar-refractivity contribution in [3.8, 4) is 22.8 Å². The Morgan fingerprint density at radius 1 is 0.971 bits per heavy atom. The third kappa shape index (κ3) is 6.27. The number of aliphatic hydroxyl groups excluding tert-OH is 4. The highest BCUT2D eigenvalue weighted by Crippen LogP contribution is 2.27. The molecule has 5 N–H and O–H groups in total. The molecule has 3 unspecified atom stereocenters. The molecule has 3 atom stereocenters. The Morgan fingerprint density at radius 3 is 2.38 bits per heavy atom. The van der Waals surface area contributed by atoms with Crippen LogP contribution in [0.3, 0.4) is 0 Å². The van der Waals surface area contributed by atoms with Gasteiger partial charge in [0.2, 0.25) is 0 Å². The number of methoxy groups -OCH3 is 2. The summed E-state index contributed by atoms with van der Waals surface area (Å²) < 4.78 is 10.7. The van der Waals surface area contributed by atoms with Crippen molar-refractivity contribution in [3.63, 3.8) is 0 Å². The average Bonchev–Trinajstić information content (AvgIpc) is 2.88. The van der Waals surface area contributed by atoms with E-state index in [4.69, 9.17) is 14.6 Å². The minimum Gasteiger partial charge on any atom is -0.497 e. The van der Waals surface area contributed by atoms with Crippen molar-refractivity contribution in [2.24, 2.45) is 5.10 Å². The van der Waals surface area contributed by atoms with Crippen molar-refractivity contribution in [2.45, 2.75) is 24.7 Å². The van der Waals surface area contributed by atoms with Crippen LogP contribution in [0.5, 0.6) is 11.5 Å². The number of para-hydroxylation sites is 1. The Balaban J connectivity index is 1.90. The van der Waals surface area contributed by atoms with E-state index >= 15 is 0 Å². The first-order valence-corrected chi connectivity index (χ1v) is 10.5. The van der Waals surface area contributed by atoms with Gasteiger partial charge in [-0.15, -0.1) is 10.2 Å². The molecular weight excluding hydrogens is 440 g/mol. The summed E-state index contributed by atoms with van der Waals surface area (Å²) in [6, 6.07) is 16.9. The minimum atomic E-state index is -1.59. The number of aliphatic hydroxyl groups is 4. The Bertz CT molecular complexity index is 1090. The monoisotopic (exact) mass is 468 g/mol. The number of ether oxygens (including phenoxy) is 2. The van der Waals surface area contributed by atoms with E-state index in [0.717, 1.165) is 34.4 Å². The first-order valence-electron chi connectivity index (χ1n) is 10.5. The molecule has 10 heteroatoms. The number of nitrogens with zero attached hydrogens (tertiary/aromatic N) is 3. The largest absolute Gasteiger partial charge is 0.497 e. The molecule has 0 aliphatic rings. The first-order chi connectivity index (χ1) is 16.5. The predicted molar refractivity (Wildman–Crippen MR) is 127 cm³/mol. The first kappa shape index (κ1) is 25.1. The molecule has 0 spiro atoms. The molecule has 0 fully saturated rings. The summed E-state index contributed by atoms with van der Waals surface area (Å²) in [6.45, 7) is -0.694. The van der Waals surface area contributed by atoms with Gasteiger partial charge in [0.05, 0.1) is 32.7 Å². The van der Waals surface area contributed by atoms with E-state index in [9.17, 15) is 15.3 Å². The van der Waals surface area contributed by atoms with Crippen LogP contribution in [0.2, 0.25) is 0 Å². The van der Waals surface area contributed by atoms with Crippen LogP contribution in [0.15, 0.2) is 59.7 Å². The van der Waals surface area contributed by atoms with Gasteiger partial charge < -0.3 is 29.9 Å². The Kier molecular flexibility index (Phi) is 8.88. The lowest BCUT2D eigenvalue weighted by Gasteiger charge is -2.18. The van der Waals surface area contributed by atoms with Crippen molar-refractivity contribution < 1.29 is 29.9 Å². The molecule has 10 nitrogen and oxygen atoms in total. The van der Waals surface area contributed by atoms with Gasteiger partial charge in [-0.25, -0.2) is 0 Å². The minimum absolute atomic E-state index is 0.337. The van der Waals surface area contributed by atoms with Gasteiger partial charge >= 0.3 is 0 Å². The van der Waals surface area contributed by atoms with E-state index in [0.29, 0.717) is 17.9 Å². The number of hydrazone groups is 1. The smallest absolute Gasteiger partial charge is 0.172 e. The van der Waals surface area contributed by atoms with Gasteiger partial charge in [-0.2, -0.15) is 5.10 Å². The summed E-state index contributed by atoms with van der Waals surface area (Å²) in [4.78, 5) is 0. The zero-order valence-corrected chi connectivity index (χ0v) is 18.9. The van der Waals surface area contributed by atoms with Crippen LogP contribution in [0.25, 0.3) is 11.3 Å². The highest BCUT2D eigenvalue weighted by Gasteiger charge is 2.22. The summed E-state index contributed by atoms with van der Waals surface area (Å²) in [7, 11) is 3.20. The van der Waals surface area contributed by atoms with E-state index in [1.54, 1.807) is 14.2 Å². The molecule has 0 aliphatic carbocycles. The second-order valence-electron chi connectivity index (χ2n) is 7.44. The van der Waals surface area contributed by atoms with E-state index in [1.165, 1.54) is 0 Å². The van der Waals surface area contributed by atoms with E-state index in [1.807, 2.05) is 54.6 Å². The van der Waals surface area contributed by atoms with E-state index < -0.39 is 24.9 Å². The molecule has 3 aromatic rings. The number of rotatable bonds is 11. The molecule has 0 aliphatic heterocycles. The number of aromatic nitrogens is 2. The van der Waals surface area contributed by atoms with Crippen LogP contribution in [0, 0.1) is 0 Å². The SMILES string of the molecule is COc1ccc(-c2cc(Cc3ccccc3OC)c(N/N=C/C(O)C(O)C(O)CO)nn2)cc1. The quantitative estimate of drug-likeness (QED) is 0.207. The molecule has 180 valence electrons. The average molecular weight is 469 g/mol. The van der Waals surface area contributed by atoms with E-state index in [-0.39, 0.29) is 0 Å². The molecule has 0 bridgehead atoms. The van der Waals surface area contributed by atoms with Crippen molar-refractivity contribution in [3.05, 3.63) is 65.7 Å². The Hall–Kier alpha value is -3.57. The normalized spacial score (nSPS) is 13.9. The Labute approximate surface area is 197 Å². The lowest BCUT2D eigenvalue weighted by Crippen LogP contribution is -2.40. The summed E-state index contributed by atoms with van der Waals surface area (Å²) in [5.41, 5.74) is 5.90.